The molecule has 1 aliphatic rings. The average Bonchev–Trinajstić information content (AvgIpc) is 3.43. The molecular weight excluding hydrogens is 435 g/mol. The number of rotatable bonds is 8. The van der Waals surface area contributed by atoms with E-state index in [9.17, 15) is 0 Å². The highest BCUT2D eigenvalue weighted by atomic mass is 16.7. The molecule has 4 aromatic rings. The number of hydrogen-bond donors (Lipinski definition) is 0. The van der Waals surface area contributed by atoms with Crippen LogP contribution in [0.25, 0.3) is 0 Å². The summed E-state index contributed by atoms with van der Waals surface area (Å²) < 4.78 is 25.6. The summed E-state index contributed by atoms with van der Waals surface area (Å²) in [5.41, 5.74) is 1.94. The number of methoxy groups -OCH3 is 2. The Balaban J connectivity index is 1.76. The molecule has 1 saturated heterocycles. The SMILES string of the molecule is COC(c1ccccc1)(c1ccccc1)[C@H]1O[B]O[C@@H]1C(OC)(c1ccccc1)c1ccccc1. The highest BCUT2D eigenvalue weighted by Crippen LogP contribution is 2.49. The van der Waals surface area contributed by atoms with Gasteiger partial charge in [-0.25, -0.2) is 0 Å². The van der Waals surface area contributed by atoms with Gasteiger partial charge in [-0.2, -0.15) is 0 Å². The molecule has 0 aliphatic carbocycles. The second-order valence-corrected chi connectivity index (χ2v) is 8.55. The van der Waals surface area contributed by atoms with E-state index in [2.05, 4.69) is 48.5 Å². The lowest BCUT2D eigenvalue weighted by atomic mass is 9.71. The van der Waals surface area contributed by atoms with E-state index in [1.54, 1.807) is 14.2 Å². The molecular formula is C30H28BO4. The van der Waals surface area contributed by atoms with Gasteiger partial charge in [0.25, 0.3) is 0 Å². The lowest BCUT2D eigenvalue weighted by molar-refractivity contribution is -0.136. The van der Waals surface area contributed by atoms with Crippen LogP contribution in [0.5, 0.6) is 0 Å². The molecule has 175 valence electrons. The van der Waals surface area contributed by atoms with Crippen LogP contribution in [-0.2, 0) is 30.0 Å². The molecule has 0 unspecified atom stereocenters. The molecule has 0 aromatic heterocycles. The van der Waals surface area contributed by atoms with Crippen molar-refractivity contribution in [1.82, 2.24) is 0 Å². The van der Waals surface area contributed by atoms with Crippen molar-refractivity contribution in [3.05, 3.63) is 144 Å². The molecule has 4 nitrogen and oxygen atoms in total. The first-order chi connectivity index (χ1) is 17.3. The Hall–Kier alpha value is -3.22. The van der Waals surface area contributed by atoms with Gasteiger partial charge in [-0.3, -0.25) is 0 Å². The molecule has 0 bridgehead atoms. The standard InChI is InChI=1S/C30H28BO4/c1-32-29(23-15-7-3-8-16-23,24-17-9-4-10-18-24)27-28(35-31-34-27)30(33-2,25-19-11-5-12-20-25)26-21-13-6-14-22-26/h3-22,27-28H,1-2H3/t27-,28-/m0/s1. The molecule has 1 heterocycles. The van der Waals surface area contributed by atoms with E-state index >= 15 is 0 Å². The summed E-state index contributed by atoms with van der Waals surface area (Å²) in [6, 6.07) is 40.6. The van der Waals surface area contributed by atoms with E-state index < -0.39 is 23.4 Å². The topological polar surface area (TPSA) is 36.9 Å². The van der Waals surface area contributed by atoms with Crippen LogP contribution in [0.1, 0.15) is 22.3 Å². The fraction of sp³-hybridized carbons (Fsp3) is 0.200. The van der Waals surface area contributed by atoms with Crippen LogP contribution in [0.2, 0.25) is 0 Å². The second kappa shape index (κ2) is 10.2. The van der Waals surface area contributed by atoms with Gasteiger partial charge >= 0.3 is 7.69 Å². The van der Waals surface area contributed by atoms with Gasteiger partial charge < -0.3 is 18.8 Å². The first kappa shape index (κ1) is 23.5. The Morgan fingerprint density at radius 2 is 0.743 bits per heavy atom. The van der Waals surface area contributed by atoms with Gasteiger partial charge in [-0.1, -0.05) is 121 Å². The predicted molar refractivity (Wildman–Crippen MR) is 137 cm³/mol. The first-order valence-corrected chi connectivity index (χ1v) is 11.7. The summed E-state index contributed by atoms with van der Waals surface area (Å²) in [4.78, 5) is 0. The van der Waals surface area contributed by atoms with E-state index in [1.165, 1.54) is 7.69 Å². The number of benzene rings is 4. The molecule has 0 saturated carbocycles. The molecule has 1 aliphatic heterocycles. The number of ether oxygens (including phenoxy) is 2. The Labute approximate surface area is 207 Å². The zero-order valence-electron chi connectivity index (χ0n) is 19.9. The van der Waals surface area contributed by atoms with Crippen molar-refractivity contribution in [2.45, 2.75) is 23.4 Å². The van der Waals surface area contributed by atoms with Gasteiger partial charge in [0, 0.05) is 14.2 Å². The fourth-order valence-electron chi connectivity index (χ4n) is 5.35. The minimum atomic E-state index is -0.965. The van der Waals surface area contributed by atoms with Crippen molar-refractivity contribution in [3.8, 4) is 0 Å². The van der Waals surface area contributed by atoms with Gasteiger partial charge in [-0.15, -0.1) is 0 Å². The highest BCUT2D eigenvalue weighted by molar-refractivity contribution is 6.19. The predicted octanol–water partition coefficient (Wildman–Crippen LogP) is 5.49. The summed E-state index contributed by atoms with van der Waals surface area (Å²) in [6.45, 7) is 0. The lowest BCUT2D eigenvalue weighted by Gasteiger charge is -2.47. The van der Waals surface area contributed by atoms with Crippen LogP contribution in [0.15, 0.2) is 121 Å². The minimum Gasteiger partial charge on any atom is -0.404 e. The van der Waals surface area contributed by atoms with Gasteiger partial charge in [0.05, 0.1) is 0 Å². The maximum Gasteiger partial charge on any atom is 0.488 e. The van der Waals surface area contributed by atoms with Gasteiger partial charge in [0.2, 0.25) is 0 Å². The van der Waals surface area contributed by atoms with Crippen molar-refractivity contribution in [2.75, 3.05) is 14.2 Å². The minimum absolute atomic E-state index is 0.572. The second-order valence-electron chi connectivity index (χ2n) is 8.55. The zero-order chi connectivity index (χ0) is 24.1. The Kier molecular flexibility index (Phi) is 6.84. The maximum absolute atomic E-state index is 6.46. The molecule has 35 heavy (non-hydrogen) atoms. The van der Waals surface area contributed by atoms with E-state index in [0.717, 1.165) is 22.3 Å². The molecule has 5 rings (SSSR count). The molecule has 2 atom stereocenters. The summed E-state index contributed by atoms with van der Waals surface area (Å²) in [5.74, 6) is 0. The largest absolute Gasteiger partial charge is 0.488 e. The van der Waals surface area contributed by atoms with Crippen molar-refractivity contribution in [3.63, 3.8) is 0 Å². The summed E-state index contributed by atoms with van der Waals surface area (Å²) in [5, 5.41) is 0. The maximum atomic E-state index is 6.46. The van der Waals surface area contributed by atoms with Crippen molar-refractivity contribution >= 4 is 7.69 Å². The molecule has 5 heteroatoms. The number of hydrogen-bond acceptors (Lipinski definition) is 4. The monoisotopic (exact) mass is 463 g/mol. The van der Waals surface area contributed by atoms with E-state index in [0.29, 0.717) is 0 Å². The normalized spacial score (nSPS) is 18.2. The third-order valence-electron chi connectivity index (χ3n) is 6.94. The fourth-order valence-corrected chi connectivity index (χ4v) is 5.35. The van der Waals surface area contributed by atoms with E-state index in [4.69, 9.17) is 18.8 Å². The highest BCUT2D eigenvalue weighted by Gasteiger charge is 2.59. The van der Waals surface area contributed by atoms with Gasteiger partial charge in [0.1, 0.15) is 23.4 Å². The zero-order valence-corrected chi connectivity index (χ0v) is 19.9. The first-order valence-electron chi connectivity index (χ1n) is 11.7. The third-order valence-corrected chi connectivity index (χ3v) is 6.94. The molecule has 0 N–H and O–H groups in total. The molecule has 0 spiro atoms. The molecule has 1 fully saturated rings. The quantitative estimate of drug-likeness (QED) is 0.324. The van der Waals surface area contributed by atoms with E-state index in [-0.39, 0.29) is 0 Å². The molecule has 1 radical (unpaired) electrons. The Morgan fingerprint density at radius 3 is 0.971 bits per heavy atom. The molecule has 4 aromatic carbocycles. The van der Waals surface area contributed by atoms with Crippen molar-refractivity contribution in [2.24, 2.45) is 0 Å². The average molecular weight is 463 g/mol. The van der Waals surface area contributed by atoms with E-state index in [1.807, 2.05) is 72.8 Å². The van der Waals surface area contributed by atoms with Gasteiger partial charge in [0.15, 0.2) is 0 Å². The van der Waals surface area contributed by atoms with Crippen molar-refractivity contribution in [1.29, 1.82) is 0 Å². The van der Waals surface area contributed by atoms with Crippen LogP contribution < -0.4 is 0 Å². The van der Waals surface area contributed by atoms with Crippen molar-refractivity contribution < 1.29 is 18.8 Å². The summed E-state index contributed by atoms with van der Waals surface area (Å²) in [7, 11) is 4.87. The van der Waals surface area contributed by atoms with Crippen LogP contribution in [0, 0.1) is 0 Å². The van der Waals surface area contributed by atoms with Gasteiger partial charge in [-0.05, 0) is 22.3 Å². The molecule has 0 amide bonds. The summed E-state index contributed by atoms with van der Waals surface area (Å²) >= 11 is 0. The Morgan fingerprint density at radius 1 is 0.486 bits per heavy atom. The van der Waals surface area contributed by atoms with Crippen LogP contribution in [0.3, 0.4) is 0 Å². The third kappa shape index (κ3) is 3.91. The van der Waals surface area contributed by atoms with Crippen LogP contribution in [0.4, 0.5) is 0 Å². The van der Waals surface area contributed by atoms with Crippen LogP contribution in [-0.4, -0.2) is 34.1 Å². The smallest absolute Gasteiger partial charge is 0.404 e. The summed E-state index contributed by atoms with van der Waals surface area (Å²) in [6.07, 6.45) is -1.14. The lowest BCUT2D eigenvalue weighted by Crippen LogP contribution is -2.56. The Bertz CT molecular complexity index is 1030. The van der Waals surface area contributed by atoms with Crippen LogP contribution >= 0.6 is 0 Å².